The Morgan fingerprint density at radius 2 is 1.86 bits per heavy atom. The lowest BCUT2D eigenvalue weighted by Gasteiger charge is -2.01. The molecule has 0 saturated carbocycles. The van der Waals surface area contributed by atoms with Crippen molar-refractivity contribution in [3.8, 4) is 0 Å². The summed E-state index contributed by atoms with van der Waals surface area (Å²) >= 11 is 3.24. The number of amides is 2. The van der Waals surface area contributed by atoms with E-state index in [1.54, 1.807) is 24.3 Å². The Bertz CT molecular complexity index is 348. The third kappa shape index (κ3) is 2.93. The summed E-state index contributed by atoms with van der Waals surface area (Å²) in [6.45, 7) is -0.192. The largest absolute Gasteiger partial charge is 0.322 e. The number of halogens is 1. The predicted molar refractivity (Wildman–Crippen MR) is 55.7 cm³/mol. The van der Waals surface area contributed by atoms with Gasteiger partial charge in [-0.15, -0.1) is 0 Å². The molecule has 0 aliphatic heterocycles. The summed E-state index contributed by atoms with van der Waals surface area (Å²) < 4.78 is 0.874. The molecule has 3 N–H and O–H groups in total. The second-order valence-electron chi connectivity index (χ2n) is 2.59. The van der Waals surface area contributed by atoms with E-state index in [-0.39, 0.29) is 6.54 Å². The molecule has 0 aliphatic carbocycles. The molecule has 0 radical (unpaired) electrons. The summed E-state index contributed by atoms with van der Waals surface area (Å²) in [4.78, 5) is 22.1. The third-order valence-corrected chi connectivity index (χ3v) is 2.07. The molecule has 0 spiro atoms. The minimum Gasteiger partial charge on any atom is -0.322 e. The van der Waals surface area contributed by atoms with E-state index in [0.29, 0.717) is 5.56 Å². The zero-order chi connectivity index (χ0) is 10.6. The molecule has 0 aromatic heterocycles. The lowest BCUT2D eigenvalue weighted by molar-refractivity contribution is -0.118. The average Bonchev–Trinajstić information content (AvgIpc) is 2.18. The van der Waals surface area contributed by atoms with E-state index >= 15 is 0 Å². The molecule has 1 aromatic carbocycles. The summed E-state index contributed by atoms with van der Waals surface area (Å²) in [5, 5.41) is 2.15. The molecule has 0 saturated heterocycles. The van der Waals surface area contributed by atoms with Gasteiger partial charge in [0, 0.05) is 10.0 Å². The van der Waals surface area contributed by atoms with Gasteiger partial charge in [-0.05, 0) is 24.3 Å². The van der Waals surface area contributed by atoms with Crippen molar-refractivity contribution in [2.45, 2.75) is 0 Å². The summed E-state index contributed by atoms with van der Waals surface area (Å²) in [5.41, 5.74) is 5.48. The monoisotopic (exact) mass is 256 g/mol. The first-order valence-corrected chi connectivity index (χ1v) is 4.72. The van der Waals surface area contributed by atoms with Gasteiger partial charge in [-0.25, -0.2) is 0 Å². The normalized spacial score (nSPS) is 9.57. The lowest BCUT2D eigenvalue weighted by atomic mass is 10.2. The van der Waals surface area contributed by atoms with E-state index in [0.717, 1.165) is 4.47 Å². The van der Waals surface area contributed by atoms with Crippen LogP contribution in [0.5, 0.6) is 0 Å². The molecule has 1 aromatic rings. The Labute approximate surface area is 89.6 Å². The van der Waals surface area contributed by atoms with Crippen LogP contribution in [0, 0.1) is 0 Å². The van der Waals surface area contributed by atoms with Crippen LogP contribution in [0.25, 0.3) is 0 Å². The molecule has 5 heteroatoms. The van der Waals surface area contributed by atoms with Crippen LogP contribution in [-0.2, 0) is 4.79 Å². The molecule has 0 heterocycles. The summed E-state index contributed by atoms with van der Waals surface area (Å²) in [6.07, 6.45) is 0. The van der Waals surface area contributed by atoms with Gasteiger partial charge in [-0.2, -0.15) is 0 Å². The Morgan fingerprint density at radius 1 is 1.29 bits per heavy atom. The Balaban J connectivity index is 2.70. The standard InChI is InChI=1S/C9H9BrN2O2/c10-7-3-1-6(2-4-7)9(14)12-8(13)5-11/h1-4H,5,11H2,(H,12,13,14). The molecule has 0 bridgehead atoms. The van der Waals surface area contributed by atoms with E-state index in [1.807, 2.05) is 0 Å². The van der Waals surface area contributed by atoms with Gasteiger partial charge in [0.2, 0.25) is 5.91 Å². The smallest absolute Gasteiger partial charge is 0.257 e. The first-order valence-electron chi connectivity index (χ1n) is 3.93. The Kier molecular flexibility index (Phi) is 3.79. The highest BCUT2D eigenvalue weighted by Crippen LogP contribution is 2.10. The zero-order valence-corrected chi connectivity index (χ0v) is 8.87. The summed E-state index contributed by atoms with van der Waals surface area (Å²) in [7, 11) is 0. The minimum atomic E-state index is -0.488. The molecular weight excluding hydrogens is 248 g/mol. The second-order valence-corrected chi connectivity index (χ2v) is 3.50. The number of carbonyl (C=O) groups is 2. The molecular formula is C9H9BrN2O2. The van der Waals surface area contributed by atoms with E-state index in [1.165, 1.54) is 0 Å². The summed E-state index contributed by atoms with van der Waals surface area (Å²) in [6, 6.07) is 6.68. The van der Waals surface area contributed by atoms with Crippen molar-refractivity contribution in [3.63, 3.8) is 0 Å². The van der Waals surface area contributed by atoms with Crippen LogP contribution in [0.4, 0.5) is 0 Å². The van der Waals surface area contributed by atoms with Gasteiger partial charge < -0.3 is 5.73 Å². The maximum atomic E-state index is 11.3. The maximum absolute atomic E-state index is 11.3. The van der Waals surface area contributed by atoms with Gasteiger partial charge in [0.05, 0.1) is 6.54 Å². The fourth-order valence-corrected chi connectivity index (χ4v) is 1.12. The van der Waals surface area contributed by atoms with Crippen LogP contribution >= 0.6 is 15.9 Å². The highest BCUT2D eigenvalue weighted by molar-refractivity contribution is 9.10. The maximum Gasteiger partial charge on any atom is 0.257 e. The molecule has 74 valence electrons. The molecule has 0 aliphatic rings. The fraction of sp³-hybridized carbons (Fsp3) is 0.111. The quantitative estimate of drug-likeness (QED) is 0.817. The molecule has 0 fully saturated rings. The van der Waals surface area contributed by atoms with Crippen molar-refractivity contribution in [2.75, 3.05) is 6.54 Å². The van der Waals surface area contributed by atoms with Gasteiger partial charge >= 0.3 is 0 Å². The Hall–Kier alpha value is -1.20. The number of hydrogen-bond acceptors (Lipinski definition) is 3. The fourth-order valence-electron chi connectivity index (χ4n) is 0.851. The first kappa shape index (κ1) is 10.9. The average molecular weight is 257 g/mol. The van der Waals surface area contributed by atoms with Crippen LogP contribution in [-0.4, -0.2) is 18.4 Å². The highest BCUT2D eigenvalue weighted by atomic mass is 79.9. The van der Waals surface area contributed by atoms with Gasteiger partial charge in [-0.1, -0.05) is 15.9 Å². The SMILES string of the molecule is NCC(=O)NC(=O)c1ccc(Br)cc1. The molecule has 4 nitrogen and oxygen atoms in total. The molecule has 0 unspecified atom stereocenters. The van der Waals surface area contributed by atoms with Crippen molar-refractivity contribution in [1.29, 1.82) is 0 Å². The van der Waals surface area contributed by atoms with Crippen molar-refractivity contribution in [1.82, 2.24) is 5.32 Å². The lowest BCUT2D eigenvalue weighted by Crippen LogP contribution is -2.35. The Morgan fingerprint density at radius 3 is 2.36 bits per heavy atom. The molecule has 0 atom stereocenters. The highest BCUT2D eigenvalue weighted by Gasteiger charge is 2.07. The topological polar surface area (TPSA) is 72.2 Å². The molecule has 14 heavy (non-hydrogen) atoms. The van der Waals surface area contributed by atoms with Gasteiger partial charge in [0.1, 0.15) is 0 Å². The van der Waals surface area contributed by atoms with Gasteiger partial charge in [0.15, 0.2) is 0 Å². The van der Waals surface area contributed by atoms with Crippen LogP contribution in [0.2, 0.25) is 0 Å². The number of benzene rings is 1. The number of nitrogens with two attached hydrogens (primary N) is 1. The van der Waals surface area contributed by atoms with E-state index in [2.05, 4.69) is 21.2 Å². The van der Waals surface area contributed by atoms with Crippen LogP contribution < -0.4 is 11.1 Å². The van der Waals surface area contributed by atoms with Crippen LogP contribution in [0.3, 0.4) is 0 Å². The van der Waals surface area contributed by atoms with Gasteiger partial charge in [-0.3, -0.25) is 14.9 Å². The van der Waals surface area contributed by atoms with Gasteiger partial charge in [0.25, 0.3) is 5.91 Å². The van der Waals surface area contributed by atoms with Crippen molar-refractivity contribution in [3.05, 3.63) is 34.3 Å². The van der Waals surface area contributed by atoms with E-state index in [9.17, 15) is 9.59 Å². The van der Waals surface area contributed by atoms with E-state index in [4.69, 9.17) is 5.73 Å². The van der Waals surface area contributed by atoms with Crippen LogP contribution in [0.15, 0.2) is 28.7 Å². The number of carbonyl (C=O) groups excluding carboxylic acids is 2. The third-order valence-electron chi connectivity index (χ3n) is 1.54. The van der Waals surface area contributed by atoms with Crippen LogP contribution in [0.1, 0.15) is 10.4 Å². The number of nitrogens with one attached hydrogen (secondary N) is 1. The zero-order valence-electron chi connectivity index (χ0n) is 7.29. The molecule has 1 rings (SSSR count). The minimum absolute atomic E-state index is 0.192. The number of hydrogen-bond donors (Lipinski definition) is 2. The predicted octanol–water partition coefficient (Wildman–Crippen LogP) is 0.664. The molecule has 2 amide bonds. The summed E-state index contributed by atoms with van der Waals surface area (Å²) in [5.74, 6) is -0.925. The second kappa shape index (κ2) is 4.88. The van der Waals surface area contributed by atoms with Crippen molar-refractivity contribution >= 4 is 27.7 Å². The van der Waals surface area contributed by atoms with E-state index < -0.39 is 11.8 Å². The number of imide groups is 1. The number of rotatable bonds is 2. The first-order chi connectivity index (χ1) is 6.63. The van der Waals surface area contributed by atoms with Crippen molar-refractivity contribution in [2.24, 2.45) is 5.73 Å². The van der Waals surface area contributed by atoms with Crippen molar-refractivity contribution < 1.29 is 9.59 Å².